The van der Waals surface area contributed by atoms with Gasteiger partial charge in [0.05, 0.1) is 5.56 Å². The summed E-state index contributed by atoms with van der Waals surface area (Å²) in [5.41, 5.74) is 2.21. The second kappa shape index (κ2) is 5.86. The van der Waals surface area contributed by atoms with Crippen LogP contribution in [0.5, 0.6) is 0 Å². The molecule has 2 aromatic heterocycles. The van der Waals surface area contributed by atoms with Crippen LogP contribution in [0.2, 0.25) is 0 Å². The molecule has 0 spiro atoms. The Balaban J connectivity index is 2.31. The van der Waals surface area contributed by atoms with Crippen LogP contribution < -0.4 is 5.56 Å². The van der Waals surface area contributed by atoms with E-state index in [2.05, 4.69) is 29.0 Å². The van der Waals surface area contributed by atoms with Crippen molar-refractivity contribution in [3.63, 3.8) is 0 Å². The lowest BCUT2D eigenvalue weighted by atomic mass is 10.1. The van der Waals surface area contributed by atoms with Gasteiger partial charge in [-0.3, -0.25) is 4.79 Å². The first-order valence-corrected chi connectivity index (χ1v) is 6.67. The zero-order valence-electron chi connectivity index (χ0n) is 12.2. The van der Waals surface area contributed by atoms with Crippen molar-refractivity contribution in [2.24, 2.45) is 5.92 Å². The molecule has 0 aliphatic heterocycles. The summed E-state index contributed by atoms with van der Waals surface area (Å²) >= 11 is 0. The molecule has 0 bridgehead atoms. The maximum absolute atomic E-state index is 12.1. The van der Waals surface area contributed by atoms with Gasteiger partial charge in [-0.05, 0) is 38.3 Å². The second-order valence-electron chi connectivity index (χ2n) is 5.50. The lowest BCUT2D eigenvalue weighted by Gasteiger charge is -2.04. The van der Waals surface area contributed by atoms with Gasteiger partial charge in [0.15, 0.2) is 0 Å². The van der Waals surface area contributed by atoms with E-state index in [4.69, 9.17) is 4.52 Å². The largest absolute Gasteiger partial charge is 0.334 e. The minimum atomic E-state index is -0.187. The van der Waals surface area contributed by atoms with Crippen molar-refractivity contribution in [3.8, 4) is 11.4 Å². The van der Waals surface area contributed by atoms with E-state index in [1.54, 1.807) is 12.1 Å². The number of H-pyrrole nitrogens is 1. The van der Waals surface area contributed by atoms with Crippen LogP contribution in [0.15, 0.2) is 27.0 Å². The van der Waals surface area contributed by atoms with Crippen LogP contribution >= 0.6 is 0 Å². The molecular weight excluding hydrogens is 254 g/mol. The molecule has 2 heterocycles. The predicted octanol–water partition coefficient (Wildman–Crippen LogP) is 3.05. The van der Waals surface area contributed by atoms with Gasteiger partial charge in [-0.2, -0.15) is 4.98 Å². The van der Waals surface area contributed by atoms with Crippen LogP contribution in [0.3, 0.4) is 0 Å². The molecule has 5 nitrogen and oxygen atoms in total. The molecule has 20 heavy (non-hydrogen) atoms. The van der Waals surface area contributed by atoms with Crippen molar-refractivity contribution in [2.45, 2.75) is 34.1 Å². The summed E-state index contributed by atoms with van der Waals surface area (Å²) in [6.07, 6.45) is 2.61. The molecule has 106 valence electrons. The molecule has 0 saturated heterocycles. The van der Waals surface area contributed by atoms with E-state index in [0.29, 0.717) is 23.2 Å². The molecule has 0 aromatic carbocycles. The fraction of sp³-hybridized carbons (Fsp3) is 0.400. The summed E-state index contributed by atoms with van der Waals surface area (Å²) in [7, 11) is 0. The van der Waals surface area contributed by atoms with Crippen LogP contribution in [0.25, 0.3) is 17.5 Å². The van der Waals surface area contributed by atoms with E-state index < -0.39 is 0 Å². The quantitative estimate of drug-likeness (QED) is 0.929. The Bertz CT molecular complexity index is 676. The number of aromatic nitrogens is 3. The normalized spacial score (nSPS) is 10.8. The first-order chi connectivity index (χ1) is 9.45. The monoisotopic (exact) mass is 273 g/mol. The number of hydrogen-bond donors (Lipinski definition) is 1. The smallest absolute Gasteiger partial charge is 0.259 e. The van der Waals surface area contributed by atoms with Gasteiger partial charge < -0.3 is 9.51 Å². The third-order valence-corrected chi connectivity index (χ3v) is 2.69. The van der Waals surface area contributed by atoms with E-state index in [-0.39, 0.29) is 5.56 Å². The Morgan fingerprint density at radius 2 is 2.15 bits per heavy atom. The minimum absolute atomic E-state index is 0.187. The minimum Gasteiger partial charge on any atom is -0.334 e. The summed E-state index contributed by atoms with van der Waals surface area (Å²) < 4.78 is 5.09. The van der Waals surface area contributed by atoms with Crippen LogP contribution in [0.4, 0.5) is 0 Å². The SMILES string of the molecule is CC(C)=Cc1nc(-c2ccc(CC(C)C)[nH]c2=O)no1. The molecule has 0 unspecified atom stereocenters. The zero-order valence-corrected chi connectivity index (χ0v) is 12.2. The Kier molecular flexibility index (Phi) is 4.17. The average molecular weight is 273 g/mol. The summed E-state index contributed by atoms with van der Waals surface area (Å²) in [4.78, 5) is 19.1. The highest BCUT2D eigenvalue weighted by Gasteiger charge is 2.11. The summed E-state index contributed by atoms with van der Waals surface area (Å²) in [6, 6.07) is 3.64. The maximum atomic E-state index is 12.1. The van der Waals surface area contributed by atoms with Gasteiger partial charge in [-0.25, -0.2) is 0 Å². The first-order valence-electron chi connectivity index (χ1n) is 6.67. The van der Waals surface area contributed by atoms with Gasteiger partial charge >= 0.3 is 0 Å². The second-order valence-corrected chi connectivity index (χ2v) is 5.50. The Labute approximate surface area is 117 Å². The van der Waals surface area contributed by atoms with Gasteiger partial charge in [0.1, 0.15) is 0 Å². The Morgan fingerprint density at radius 3 is 2.75 bits per heavy atom. The molecule has 2 rings (SSSR count). The van der Waals surface area contributed by atoms with Crippen molar-refractivity contribution in [1.29, 1.82) is 0 Å². The van der Waals surface area contributed by atoms with Gasteiger partial charge in [-0.1, -0.05) is 24.6 Å². The van der Waals surface area contributed by atoms with Crippen molar-refractivity contribution in [2.75, 3.05) is 0 Å². The molecule has 0 amide bonds. The van der Waals surface area contributed by atoms with Gasteiger partial charge in [0.25, 0.3) is 11.4 Å². The van der Waals surface area contributed by atoms with Crippen molar-refractivity contribution >= 4 is 6.08 Å². The first kappa shape index (κ1) is 14.2. The van der Waals surface area contributed by atoms with Crippen LogP contribution in [0, 0.1) is 5.92 Å². The third kappa shape index (κ3) is 3.44. The van der Waals surface area contributed by atoms with Gasteiger partial charge in [-0.15, -0.1) is 0 Å². The molecule has 1 N–H and O–H groups in total. The molecule has 0 radical (unpaired) electrons. The number of pyridine rings is 1. The van der Waals surface area contributed by atoms with Crippen LogP contribution in [-0.2, 0) is 6.42 Å². The van der Waals surface area contributed by atoms with Gasteiger partial charge in [0.2, 0.25) is 5.82 Å². The zero-order chi connectivity index (χ0) is 14.7. The van der Waals surface area contributed by atoms with Crippen molar-refractivity contribution in [1.82, 2.24) is 15.1 Å². The molecule has 0 aliphatic carbocycles. The molecule has 2 aromatic rings. The third-order valence-electron chi connectivity index (χ3n) is 2.69. The van der Waals surface area contributed by atoms with Gasteiger partial charge in [0, 0.05) is 11.8 Å². The summed E-state index contributed by atoms with van der Waals surface area (Å²) in [6.45, 7) is 8.10. The van der Waals surface area contributed by atoms with E-state index >= 15 is 0 Å². The van der Waals surface area contributed by atoms with E-state index in [9.17, 15) is 4.79 Å². The number of nitrogens with one attached hydrogen (secondary N) is 1. The highest BCUT2D eigenvalue weighted by Crippen LogP contribution is 2.14. The Hall–Kier alpha value is -2.17. The number of allylic oxidation sites excluding steroid dienone is 1. The average Bonchev–Trinajstić information content (AvgIpc) is 2.75. The molecule has 0 atom stereocenters. The number of nitrogens with zero attached hydrogens (tertiary/aromatic N) is 2. The number of aromatic amines is 1. The highest BCUT2D eigenvalue weighted by molar-refractivity contribution is 5.54. The van der Waals surface area contributed by atoms with Crippen LogP contribution in [0.1, 0.15) is 39.3 Å². The lowest BCUT2D eigenvalue weighted by Crippen LogP contribution is -2.13. The molecular formula is C15H19N3O2. The topological polar surface area (TPSA) is 71.8 Å². The van der Waals surface area contributed by atoms with Crippen molar-refractivity contribution in [3.05, 3.63) is 39.6 Å². The molecule has 5 heteroatoms. The highest BCUT2D eigenvalue weighted by atomic mass is 16.5. The fourth-order valence-electron chi connectivity index (χ4n) is 1.90. The van der Waals surface area contributed by atoms with Crippen molar-refractivity contribution < 1.29 is 4.52 Å². The number of hydrogen-bond acceptors (Lipinski definition) is 4. The summed E-state index contributed by atoms with van der Waals surface area (Å²) in [5.74, 6) is 1.21. The fourth-order valence-corrected chi connectivity index (χ4v) is 1.90. The molecule has 0 aliphatic rings. The van der Waals surface area contributed by atoms with E-state index in [0.717, 1.165) is 17.7 Å². The van der Waals surface area contributed by atoms with Crippen LogP contribution in [-0.4, -0.2) is 15.1 Å². The Morgan fingerprint density at radius 1 is 1.40 bits per heavy atom. The van der Waals surface area contributed by atoms with E-state index in [1.165, 1.54) is 0 Å². The maximum Gasteiger partial charge on any atom is 0.259 e. The molecule has 0 fully saturated rings. The van der Waals surface area contributed by atoms with E-state index in [1.807, 2.05) is 19.9 Å². The number of rotatable bonds is 4. The summed E-state index contributed by atoms with van der Waals surface area (Å²) in [5, 5.41) is 3.84. The predicted molar refractivity (Wildman–Crippen MR) is 78.2 cm³/mol. The molecule has 0 saturated carbocycles. The lowest BCUT2D eigenvalue weighted by molar-refractivity contribution is 0.411. The standard InChI is InChI=1S/C15H19N3O2/c1-9(2)7-11-5-6-12(15(19)16-11)14-17-13(20-18-14)8-10(3)4/h5-6,8-9H,7H2,1-4H3,(H,16,19).